The van der Waals surface area contributed by atoms with Crippen molar-refractivity contribution in [2.45, 2.75) is 58.3 Å². The maximum atomic E-state index is 11.4. The van der Waals surface area contributed by atoms with Crippen molar-refractivity contribution >= 4 is 36.2 Å². The molecule has 0 unspecified atom stereocenters. The maximum absolute atomic E-state index is 11.4. The molecule has 0 aliphatic heterocycles. The fraction of sp³-hybridized carbons (Fsp3) is 0.321. The molecule has 4 nitrogen and oxygen atoms in total. The van der Waals surface area contributed by atoms with E-state index in [9.17, 15) is 4.79 Å². The number of benzene rings is 1. The standard InChI is InChI=1S/C28H29N3O.ClH/c1-2-3-11-22-23-12-7-10-19(15-18-8-5-4-6-9-18)25(23)30-27-24(22)14-13-20-16-21(17-32)28(29)31-26(20)27;/h4-6,8-9,15-17H,2-3,7,10-14H2,1H3,(H2,29,31);1H/b19-15+;. The number of carbonyl (C=O) groups excluding carboxylic acids is 1. The summed E-state index contributed by atoms with van der Waals surface area (Å²) in [5, 5.41) is 0. The summed E-state index contributed by atoms with van der Waals surface area (Å²) in [6, 6.07) is 12.4. The van der Waals surface area contributed by atoms with Crippen LogP contribution in [0.2, 0.25) is 0 Å². The molecule has 0 bridgehead atoms. The molecule has 2 aromatic heterocycles. The van der Waals surface area contributed by atoms with Gasteiger partial charge in [0.15, 0.2) is 6.29 Å². The van der Waals surface area contributed by atoms with Crippen LogP contribution in [0.5, 0.6) is 0 Å². The molecule has 170 valence electrons. The number of allylic oxidation sites excluding steroid dienone is 1. The highest BCUT2D eigenvalue weighted by molar-refractivity contribution is 5.87. The molecular formula is C28H30ClN3O. The first-order valence-electron chi connectivity index (χ1n) is 11.7. The van der Waals surface area contributed by atoms with Crippen molar-refractivity contribution in [2.75, 3.05) is 5.73 Å². The summed E-state index contributed by atoms with van der Waals surface area (Å²) in [5.41, 5.74) is 17.4. The lowest BCUT2D eigenvalue weighted by molar-refractivity contribution is 0.112. The van der Waals surface area contributed by atoms with Crippen LogP contribution in [0.25, 0.3) is 23.0 Å². The van der Waals surface area contributed by atoms with E-state index >= 15 is 0 Å². The topological polar surface area (TPSA) is 68.9 Å². The summed E-state index contributed by atoms with van der Waals surface area (Å²) in [6.07, 6.45) is 11.6. The number of halogens is 1. The van der Waals surface area contributed by atoms with Crippen LogP contribution in [0.3, 0.4) is 0 Å². The molecule has 3 aromatic rings. The molecule has 33 heavy (non-hydrogen) atoms. The number of hydrogen-bond acceptors (Lipinski definition) is 4. The minimum absolute atomic E-state index is 0. The predicted molar refractivity (Wildman–Crippen MR) is 138 cm³/mol. The van der Waals surface area contributed by atoms with E-state index in [1.54, 1.807) is 0 Å². The van der Waals surface area contributed by atoms with Gasteiger partial charge in [0.2, 0.25) is 0 Å². The van der Waals surface area contributed by atoms with Gasteiger partial charge in [0.05, 0.1) is 22.6 Å². The number of anilines is 1. The van der Waals surface area contributed by atoms with E-state index in [1.165, 1.54) is 40.7 Å². The fourth-order valence-corrected chi connectivity index (χ4v) is 5.17. The molecule has 0 saturated carbocycles. The van der Waals surface area contributed by atoms with Crippen LogP contribution in [-0.2, 0) is 25.7 Å². The highest BCUT2D eigenvalue weighted by Gasteiger charge is 2.29. The van der Waals surface area contributed by atoms with Gasteiger partial charge >= 0.3 is 0 Å². The first kappa shape index (κ1) is 23.2. The second kappa shape index (κ2) is 9.88. The number of nitrogens with zero attached hydrogens (tertiary/aromatic N) is 2. The van der Waals surface area contributed by atoms with Crippen LogP contribution in [0.15, 0.2) is 36.4 Å². The number of aryl methyl sites for hydroxylation is 1. The Bertz CT molecular complexity index is 1220. The molecule has 0 saturated heterocycles. The number of aromatic nitrogens is 2. The molecule has 5 rings (SSSR count). The number of aldehydes is 1. The Kier molecular flexibility index (Phi) is 6.94. The smallest absolute Gasteiger partial charge is 0.153 e. The zero-order valence-corrected chi connectivity index (χ0v) is 19.9. The summed E-state index contributed by atoms with van der Waals surface area (Å²) in [5.74, 6) is 0.293. The minimum atomic E-state index is 0. The normalized spacial score (nSPS) is 15.2. The molecule has 0 amide bonds. The number of pyridine rings is 2. The maximum Gasteiger partial charge on any atom is 0.153 e. The van der Waals surface area contributed by atoms with Crippen LogP contribution >= 0.6 is 12.4 Å². The van der Waals surface area contributed by atoms with Crippen molar-refractivity contribution in [2.24, 2.45) is 0 Å². The molecular weight excluding hydrogens is 430 g/mol. The lowest BCUT2D eigenvalue weighted by atomic mass is 9.80. The van der Waals surface area contributed by atoms with E-state index in [0.29, 0.717) is 11.4 Å². The first-order chi connectivity index (χ1) is 15.7. The van der Waals surface area contributed by atoms with E-state index in [0.717, 1.165) is 67.5 Å². The predicted octanol–water partition coefficient (Wildman–Crippen LogP) is 6.28. The number of hydrogen-bond donors (Lipinski definition) is 1. The Labute approximate surface area is 201 Å². The molecule has 2 aliphatic rings. The zero-order valence-electron chi connectivity index (χ0n) is 19.1. The van der Waals surface area contributed by atoms with Gasteiger partial charge in [-0.05, 0) is 90.5 Å². The monoisotopic (exact) mass is 459 g/mol. The van der Waals surface area contributed by atoms with Crippen molar-refractivity contribution in [1.82, 2.24) is 9.97 Å². The van der Waals surface area contributed by atoms with Gasteiger partial charge < -0.3 is 5.73 Å². The van der Waals surface area contributed by atoms with Crippen LogP contribution in [0.4, 0.5) is 5.82 Å². The van der Waals surface area contributed by atoms with Crippen LogP contribution in [-0.4, -0.2) is 16.3 Å². The zero-order chi connectivity index (χ0) is 22.1. The van der Waals surface area contributed by atoms with Gasteiger partial charge in [-0.25, -0.2) is 9.97 Å². The van der Waals surface area contributed by atoms with Gasteiger partial charge in [-0.2, -0.15) is 0 Å². The van der Waals surface area contributed by atoms with Gasteiger partial charge in [0, 0.05) is 0 Å². The Morgan fingerprint density at radius 1 is 0.970 bits per heavy atom. The molecule has 0 fully saturated rings. The molecule has 2 aliphatic carbocycles. The summed E-state index contributed by atoms with van der Waals surface area (Å²) >= 11 is 0. The second-order valence-electron chi connectivity index (χ2n) is 8.87. The average Bonchev–Trinajstić information content (AvgIpc) is 2.82. The molecule has 5 heteroatoms. The van der Waals surface area contributed by atoms with E-state index in [2.05, 4.69) is 48.3 Å². The summed E-state index contributed by atoms with van der Waals surface area (Å²) in [7, 11) is 0. The molecule has 1 aromatic carbocycles. The third-order valence-electron chi connectivity index (χ3n) is 6.78. The van der Waals surface area contributed by atoms with Crippen LogP contribution in [0, 0.1) is 0 Å². The third kappa shape index (κ3) is 4.32. The third-order valence-corrected chi connectivity index (χ3v) is 6.78. The minimum Gasteiger partial charge on any atom is -0.383 e. The Morgan fingerprint density at radius 2 is 1.76 bits per heavy atom. The fourth-order valence-electron chi connectivity index (χ4n) is 5.17. The molecule has 2 heterocycles. The molecule has 0 atom stereocenters. The van der Waals surface area contributed by atoms with Crippen molar-refractivity contribution in [3.05, 3.63) is 75.5 Å². The number of nitrogen functional groups attached to an aromatic ring is 1. The Hall–Kier alpha value is -2.98. The van der Waals surface area contributed by atoms with E-state index in [-0.39, 0.29) is 12.4 Å². The Balaban J connectivity index is 0.00000259. The second-order valence-corrected chi connectivity index (χ2v) is 8.87. The Morgan fingerprint density at radius 3 is 2.52 bits per heavy atom. The van der Waals surface area contributed by atoms with E-state index in [4.69, 9.17) is 10.7 Å². The largest absolute Gasteiger partial charge is 0.383 e. The summed E-state index contributed by atoms with van der Waals surface area (Å²) in [4.78, 5) is 21.3. The van der Waals surface area contributed by atoms with Gasteiger partial charge in [-0.1, -0.05) is 43.7 Å². The quantitative estimate of drug-likeness (QED) is 0.456. The SMILES string of the molecule is CCCCc1c2c(nc3c1CCc1cc(C=O)c(N)nc1-3)/C(=C/c1ccccc1)CCC2.Cl. The number of carbonyl (C=O) groups is 1. The van der Waals surface area contributed by atoms with Crippen molar-refractivity contribution in [3.8, 4) is 11.4 Å². The average molecular weight is 460 g/mol. The highest BCUT2D eigenvalue weighted by Crippen LogP contribution is 2.41. The van der Waals surface area contributed by atoms with Crippen LogP contribution in [0.1, 0.15) is 76.5 Å². The van der Waals surface area contributed by atoms with E-state index in [1.807, 2.05) is 6.07 Å². The van der Waals surface area contributed by atoms with Crippen molar-refractivity contribution in [3.63, 3.8) is 0 Å². The number of rotatable bonds is 5. The molecule has 0 radical (unpaired) electrons. The highest BCUT2D eigenvalue weighted by atomic mass is 35.5. The summed E-state index contributed by atoms with van der Waals surface area (Å²) in [6.45, 7) is 2.25. The van der Waals surface area contributed by atoms with Crippen molar-refractivity contribution < 1.29 is 4.79 Å². The van der Waals surface area contributed by atoms with Gasteiger partial charge in [-0.15, -0.1) is 12.4 Å². The van der Waals surface area contributed by atoms with Crippen LogP contribution < -0.4 is 5.73 Å². The van der Waals surface area contributed by atoms with Gasteiger partial charge in [0.1, 0.15) is 5.82 Å². The van der Waals surface area contributed by atoms with Gasteiger partial charge in [-0.3, -0.25) is 4.79 Å². The molecule has 2 N–H and O–H groups in total. The molecule has 0 spiro atoms. The number of fused-ring (bicyclic) bond motifs is 4. The lowest BCUT2D eigenvalue weighted by Gasteiger charge is -2.29. The number of unbranched alkanes of at least 4 members (excludes halogenated alkanes) is 1. The summed E-state index contributed by atoms with van der Waals surface area (Å²) < 4.78 is 0. The van der Waals surface area contributed by atoms with Crippen molar-refractivity contribution in [1.29, 1.82) is 0 Å². The van der Waals surface area contributed by atoms with E-state index < -0.39 is 0 Å². The van der Waals surface area contributed by atoms with Gasteiger partial charge in [0.25, 0.3) is 0 Å². The lowest BCUT2D eigenvalue weighted by Crippen LogP contribution is -2.18. The number of nitrogens with two attached hydrogens (primary N) is 1. The first-order valence-corrected chi connectivity index (χ1v) is 11.7.